The molecule has 0 aliphatic rings. The average molecular weight is 440 g/mol. The van der Waals surface area contributed by atoms with E-state index in [1.807, 2.05) is 0 Å². The Bertz CT molecular complexity index is 1080. The van der Waals surface area contributed by atoms with E-state index in [0.29, 0.717) is 5.56 Å². The Morgan fingerprint density at radius 2 is 1.97 bits per heavy atom. The number of hydrogen-bond donors (Lipinski definition) is 1. The molecule has 0 bridgehead atoms. The van der Waals surface area contributed by atoms with E-state index >= 15 is 0 Å². The lowest BCUT2D eigenvalue weighted by atomic mass is 10.2. The van der Waals surface area contributed by atoms with E-state index in [4.69, 9.17) is 21.9 Å². The number of aliphatic imine (C=N–C) groups is 1. The second-order valence-corrected chi connectivity index (χ2v) is 6.24. The molecule has 2 N–H and O–H groups in total. The minimum Gasteiger partial charge on any atom is -0.396 e. The molecule has 0 amide bonds. The summed E-state index contributed by atoms with van der Waals surface area (Å²) < 4.78 is 58.0. The fraction of sp³-hybridized carbons (Fsp3) is 0.158. The number of nitrogens with zero attached hydrogens (tertiary/aromatic N) is 4. The summed E-state index contributed by atoms with van der Waals surface area (Å²) in [6.45, 7) is -0.0605. The van der Waals surface area contributed by atoms with Crippen LogP contribution in [-0.4, -0.2) is 20.8 Å². The van der Waals surface area contributed by atoms with Gasteiger partial charge in [0.2, 0.25) is 0 Å². The van der Waals surface area contributed by atoms with Gasteiger partial charge in [-0.05, 0) is 18.2 Å². The fourth-order valence-corrected chi connectivity index (χ4v) is 2.53. The van der Waals surface area contributed by atoms with E-state index in [1.54, 1.807) is 18.2 Å². The molecule has 11 heteroatoms. The third-order valence-corrected chi connectivity index (χ3v) is 4.11. The molecule has 0 saturated carbocycles. The Hall–Kier alpha value is -3.27. The van der Waals surface area contributed by atoms with Gasteiger partial charge in [-0.1, -0.05) is 23.4 Å². The molecule has 0 aliphatic carbocycles. The van der Waals surface area contributed by atoms with E-state index in [-0.39, 0.29) is 41.0 Å². The maximum atomic E-state index is 13.9. The summed E-state index contributed by atoms with van der Waals surface area (Å²) in [5, 5.41) is 3.75. The molecule has 0 saturated heterocycles. The first-order valence-corrected chi connectivity index (χ1v) is 8.98. The Morgan fingerprint density at radius 3 is 2.60 bits per heavy atom. The Labute approximate surface area is 173 Å². The molecule has 0 unspecified atom stereocenters. The summed E-state index contributed by atoms with van der Waals surface area (Å²) in [5.41, 5.74) is 5.23. The molecule has 2 aromatic heterocycles. The van der Waals surface area contributed by atoms with Crippen molar-refractivity contribution >= 4 is 23.0 Å². The van der Waals surface area contributed by atoms with Crippen LogP contribution in [-0.2, 0) is 18.6 Å². The van der Waals surface area contributed by atoms with E-state index < -0.39 is 17.7 Å². The third kappa shape index (κ3) is 5.20. The van der Waals surface area contributed by atoms with Gasteiger partial charge in [0.25, 0.3) is 0 Å². The van der Waals surface area contributed by atoms with Crippen LogP contribution in [0.15, 0.2) is 58.3 Å². The van der Waals surface area contributed by atoms with Crippen molar-refractivity contribution in [2.45, 2.75) is 18.6 Å². The molecular formula is C19H14ClF4N5O. The van der Waals surface area contributed by atoms with Crippen LogP contribution in [0.4, 0.5) is 17.6 Å². The maximum absolute atomic E-state index is 13.9. The fourth-order valence-electron chi connectivity index (χ4n) is 2.39. The third-order valence-electron chi connectivity index (χ3n) is 3.83. The van der Waals surface area contributed by atoms with Crippen molar-refractivity contribution in [3.8, 4) is 0 Å². The Kier molecular flexibility index (Phi) is 6.46. The molecule has 30 heavy (non-hydrogen) atoms. The lowest BCUT2D eigenvalue weighted by molar-refractivity contribution is -0.141. The van der Waals surface area contributed by atoms with Gasteiger partial charge < -0.3 is 10.3 Å². The van der Waals surface area contributed by atoms with Crippen molar-refractivity contribution in [1.82, 2.24) is 15.1 Å². The van der Waals surface area contributed by atoms with Crippen LogP contribution in [0.5, 0.6) is 0 Å². The highest BCUT2D eigenvalue weighted by Gasteiger charge is 2.33. The lowest BCUT2D eigenvalue weighted by Crippen LogP contribution is -2.15. The van der Waals surface area contributed by atoms with E-state index in [1.165, 1.54) is 24.5 Å². The van der Waals surface area contributed by atoms with Gasteiger partial charge in [-0.3, -0.25) is 4.99 Å². The summed E-state index contributed by atoms with van der Waals surface area (Å²) in [7, 11) is 0. The summed E-state index contributed by atoms with van der Waals surface area (Å²) in [6.07, 6.45) is -2.18. The van der Waals surface area contributed by atoms with Gasteiger partial charge in [0.05, 0.1) is 29.5 Å². The molecule has 0 radical (unpaired) electrons. The van der Waals surface area contributed by atoms with Gasteiger partial charge in [-0.2, -0.15) is 13.2 Å². The number of halogens is 5. The topological polar surface area (TPSA) is 90.2 Å². The monoisotopic (exact) mass is 439 g/mol. The van der Waals surface area contributed by atoms with Gasteiger partial charge >= 0.3 is 6.18 Å². The average Bonchev–Trinajstić information content (AvgIpc) is 3.25. The smallest absolute Gasteiger partial charge is 0.396 e. The summed E-state index contributed by atoms with van der Waals surface area (Å²) in [6, 6.07) is 8.25. The molecule has 3 rings (SSSR count). The highest BCUT2D eigenvalue weighted by molar-refractivity contribution is 6.16. The van der Waals surface area contributed by atoms with Gasteiger partial charge in [-0.25, -0.2) is 14.4 Å². The van der Waals surface area contributed by atoms with Crippen LogP contribution >= 0.6 is 11.6 Å². The quantitative estimate of drug-likeness (QED) is 0.350. The maximum Gasteiger partial charge on any atom is 0.433 e. The SMILES string of the molecule is NC(=CC(=NCc1ccccc1F)c1ccon1)c1nc(CCl)cc(C(F)(F)F)n1. The van der Waals surface area contributed by atoms with Crippen LogP contribution in [0.1, 0.15) is 28.5 Å². The van der Waals surface area contributed by atoms with Gasteiger partial charge in [-0.15, -0.1) is 11.6 Å². The first-order valence-electron chi connectivity index (χ1n) is 8.45. The van der Waals surface area contributed by atoms with E-state index in [2.05, 4.69) is 20.1 Å². The number of allylic oxidation sites excluding steroid dienone is 1. The minimum absolute atomic E-state index is 0.0448. The van der Waals surface area contributed by atoms with Crippen molar-refractivity contribution in [3.63, 3.8) is 0 Å². The van der Waals surface area contributed by atoms with Gasteiger partial charge in [0, 0.05) is 11.6 Å². The largest absolute Gasteiger partial charge is 0.433 e. The summed E-state index contributed by atoms with van der Waals surface area (Å²) >= 11 is 5.65. The normalized spacial score (nSPS) is 13.0. The zero-order valence-corrected chi connectivity index (χ0v) is 16.0. The second kappa shape index (κ2) is 9.04. The number of hydrogen-bond acceptors (Lipinski definition) is 6. The Balaban J connectivity index is 2.01. The zero-order chi connectivity index (χ0) is 21.7. The van der Waals surface area contributed by atoms with E-state index in [0.717, 1.165) is 6.07 Å². The van der Waals surface area contributed by atoms with Gasteiger partial charge in [0.1, 0.15) is 23.5 Å². The minimum atomic E-state index is -4.70. The first-order chi connectivity index (χ1) is 14.3. The number of nitrogens with two attached hydrogens (primary N) is 1. The molecule has 0 fully saturated rings. The highest BCUT2D eigenvalue weighted by atomic mass is 35.5. The van der Waals surface area contributed by atoms with Crippen molar-refractivity contribution in [2.75, 3.05) is 0 Å². The molecule has 3 aromatic rings. The standard InChI is InChI=1S/C19H14ClF4N5O/c20-9-12-7-17(19(22,23)24)28-18(27-12)14(25)8-16(15-5-6-30-29-15)26-10-11-3-1-2-4-13(11)21/h1-8H,9-10,25H2. The predicted octanol–water partition coefficient (Wildman–Crippen LogP) is 4.35. The number of rotatable bonds is 6. The van der Waals surface area contributed by atoms with Crippen LogP contribution in [0.25, 0.3) is 5.70 Å². The molecular weight excluding hydrogens is 426 g/mol. The van der Waals surface area contributed by atoms with Crippen LogP contribution < -0.4 is 5.73 Å². The molecule has 1 aromatic carbocycles. The summed E-state index contributed by atoms with van der Waals surface area (Å²) in [5.74, 6) is -1.09. The van der Waals surface area contributed by atoms with Crippen molar-refractivity contribution in [1.29, 1.82) is 0 Å². The molecule has 2 heterocycles. The second-order valence-electron chi connectivity index (χ2n) is 5.98. The first kappa shape index (κ1) is 21.4. The molecule has 0 atom stereocenters. The van der Waals surface area contributed by atoms with Crippen LogP contribution in [0.3, 0.4) is 0 Å². The highest BCUT2D eigenvalue weighted by Crippen LogP contribution is 2.28. The van der Waals surface area contributed by atoms with Crippen molar-refractivity contribution in [3.05, 3.63) is 83.0 Å². The zero-order valence-electron chi connectivity index (χ0n) is 15.2. The van der Waals surface area contributed by atoms with Gasteiger partial charge in [0.15, 0.2) is 5.82 Å². The number of benzene rings is 1. The number of alkyl halides is 4. The lowest BCUT2D eigenvalue weighted by Gasteiger charge is -2.10. The predicted molar refractivity (Wildman–Crippen MR) is 102 cm³/mol. The van der Waals surface area contributed by atoms with E-state index in [9.17, 15) is 17.6 Å². The molecule has 156 valence electrons. The molecule has 6 nitrogen and oxygen atoms in total. The molecule has 0 spiro atoms. The summed E-state index contributed by atoms with van der Waals surface area (Å²) in [4.78, 5) is 11.7. The van der Waals surface area contributed by atoms with Crippen molar-refractivity contribution in [2.24, 2.45) is 10.7 Å². The van der Waals surface area contributed by atoms with Crippen molar-refractivity contribution < 1.29 is 22.1 Å². The van der Waals surface area contributed by atoms with Crippen LogP contribution in [0, 0.1) is 5.82 Å². The number of aromatic nitrogens is 3. The van der Waals surface area contributed by atoms with Crippen LogP contribution in [0.2, 0.25) is 0 Å². The molecule has 0 aliphatic heterocycles. The Morgan fingerprint density at radius 1 is 1.20 bits per heavy atom.